The van der Waals surface area contributed by atoms with Crippen molar-refractivity contribution >= 4 is 28.5 Å². The van der Waals surface area contributed by atoms with Crippen LogP contribution in [0.5, 0.6) is 0 Å². The molecule has 54 heavy (non-hydrogen) atoms. The van der Waals surface area contributed by atoms with Gasteiger partial charge in [-0.1, -0.05) is 172 Å². The fourth-order valence-corrected chi connectivity index (χ4v) is 8.37. The number of fused-ring (bicyclic) bond motifs is 5. The first-order chi connectivity index (χ1) is 26.5. The number of hydrogen-bond donors (Lipinski definition) is 0. The molecule has 7 aromatic carbocycles. The summed E-state index contributed by atoms with van der Waals surface area (Å²) in [5.41, 5.74) is 18.3. The van der Waals surface area contributed by atoms with E-state index in [2.05, 4.69) is 189 Å². The topological polar surface area (TPSA) is 12.9 Å². The standard InChI is InChI=1S/C53H41N/c1-4-38-33-40(26-28-44(38)39-18-9-6-10-19-39)43(30-36-16-7-5-8-17-36)31-37-25-27-47-49(32-37)53(2,3)50-35-48(45-22-11-12-23-46(45)52(47)50)41-20-15-21-42(34-41)51-24-13-14-29-54-51/h4-29,31-35H,1,30H2,2-3H3/b43-31-. The van der Waals surface area contributed by atoms with Crippen molar-refractivity contribution in [1.82, 2.24) is 4.98 Å². The highest BCUT2D eigenvalue weighted by Gasteiger charge is 2.37. The zero-order valence-electron chi connectivity index (χ0n) is 30.8. The second-order valence-electron chi connectivity index (χ2n) is 14.8. The lowest BCUT2D eigenvalue weighted by atomic mass is 9.80. The quantitative estimate of drug-likeness (QED) is 0.145. The molecular formula is C53H41N. The van der Waals surface area contributed by atoms with E-state index in [1.807, 2.05) is 24.4 Å². The monoisotopic (exact) mass is 691 g/mol. The number of allylic oxidation sites excluding steroid dienone is 1. The molecule has 1 heteroatoms. The summed E-state index contributed by atoms with van der Waals surface area (Å²) in [6, 6.07) is 61.6. The molecule has 0 aliphatic heterocycles. The predicted molar refractivity (Wildman–Crippen MR) is 230 cm³/mol. The van der Waals surface area contributed by atoms with Crippen molar-refractivity contribution in [3.8, 4) is 44.6 Å². The molecular weight excluding hydrogens is 651 g/mol. The zero-order chi connectivity index (χ0) is 36.6. The predicted octanol–water partition coefficient (Wildman–Crippen LogP) is 14.0. The van der Waals surface area contributed by atoms with E-state index >= 15 is 0 Å². The van der Waals surface area contributed by atoms with Crippen LogP contribution in [0.1, 0.15) is 47.2 Å². The van der Waals surface area contributed by atoms with Crippen molar-refractivity contribution in [3.63, 3.8) is 0 Å². The smallest absolute Gasteiger partial charge is 0.0702 e. The average Bonchev–Trinajstić information content (AvgIpc) is 3.46. The van der Waals surface area contributed by atoms with Crippen molar-refractivity contribution in [2.45, 2.75) is 25.7 Å². The van der Waals surface area contributed by atoms with Gasteiger partial charge in [0.05, 0.1) is 5.69 Å². The molecule has 258 valence electrons. The Hall–Kier alpha value is -6.57. The Morgan fingerprint density at radius 2 is 1.28 bits per heavy atom. The molecule has 0 radical (unpaired) electrons. The van der Waals surface area contributed by atoms with Crippen LogP contribution in [0.25, 0.3) is 73.1 Å². The fraction of sp³-hybridized carbons (Fsp3) is 0.0755. The van der Waals surface area contributed by atoms with Gasteiger partial charge in [-0.15, -0.1) is 0 Å². The second kappa shape index (κ2) is 13.8. The molecule has 0 amide bonds. The summed E-state index contributed by atoms with van der Waals surface area (Å²) in [4.78, 5) is 4.64. The minimum Gasteiger partial charge on any atom is -0.256 e. The van der Waals surface area contributed by atoms with Crippen molar-refractivity contribution in [2.24, 2.45) is 0 Å². The number of aromatic nitrogens is 1. The molecule has 0 saturated carbocycles. The Kier molecular flexibility index (Phi) is 8.48. The zero-order valence-corrected chi connectivity index (χ0v) is 30.8. The van der Waals surface area contributed by atoms with Crippen molar-refractivity contribution < 1.29 is 0 Å². The largest absolute Gasteiger partial charge is 0.256 e. The van der Waals surface area contributed by atoms with Crippen LogP contribution >= 0.6 is 0 Å². The molecule has 0 spiro atoms. The maximum atomic E-state index is 4.64. The van der Waals surface area contributed by atoms with Gasteiger partial charge in [-0.2, -0.15) is 0 Å². The van der Waals surface area contributed by atoms with Gasteiger partial charge in [0, 0.05) is 17.2 Å². The van der Waals surface area contributed by atoms with Crippen molar-refractivity contribution in [2.75, 3.05) is 0 Å². The van der Waals surface area contributed by atoms with Gasteiger partial charge in [0.2, 0.25) is 0 Å². The van der Waals surface area contributed by atoms with Crippen LogP contribution in [-0.4, -0.2) is 4.98 Å². The summed E-state index contributed by atoms with van der Waals surface area (Å²) < 4.78 is 0. The number of pyridine rings is 1. The van der Waals surface area contributed by atoms with Gasteiger partial charge in [0.15, 0.2) is 0 Å². The number of benzene rings is 7. The third-order valence-electron chi connectivity index (χ3n) is 11.1. The van der Waals surface area contributed by atoms with Crippen molar-refractivity contribution in [3.05, 3.63) is 216 Å². The molecule has 1 aliphatic carbocycles. The normalized spacial score (nSPS) is 13.0. The van der Waals surface area contributed by atoms with Gasteiger partial charge < -0.3 is 0 Å². The fourth-order valence-electron chi connectivity index (χ4n) is 8.37. The molecule has 1 aromatic heterocycles. The molecule has 0 saturated heterocycles. The summed E-state index contributed by atoms with van der Waals surface area (Å²) in [5, 5.41) is 2.56. The Labute approximate surface area is 318 Å². The minimum atomic E-state index is -0.196. The van der Waals surface area contributed by atoms with E-state index < -0.39 is 0 Å². The third-order valence-corrected chi connectivity index (χ3v) is 11.1. The second-order valence-corrected chi connectivity index (χ2v) is 14.8. The van der Waals surface area contributed by atoms with Gasteiger partial charge >= 0.3 is 0 Å². The highest BCUT2D eigenvalue weighted by molar-refractivity contribution is 6.09. The molecule has 1 heterocycles. The summed E-state index contributed by atoms with van der Waals surface area (Å²) in [5.74, 6) is 0. The minimum absolute atomic E-state index is 0.196. The first kappa shape index (κ1) is 33.3. The van der Waals surface area contributed by atoms with Gasteiger partial charge in [-0.3, -0.25) is 4.98 Å². The summed E-state index contributed by atoms with van der Waals surface area (Å²) >= 11 is 0. The molecule has 0 unspecified atom stereocenters. The summed E-state index contributed by atoms with van der Waals surface area (Å²) in [6.07, 6.45) is 7.06. The number of nitrogens with zero attached hydrogens (tertiary/aromatic N) is 1. The van der Waals surface area contributed by atoms with Crippen LogP contribution < -0.4 is 0 Å². The average molecular weight is 692 g/mol. The highest BCUT2D eigenvalue weighted by Crippen LogP contribution is 2.53. The SMILES string of the molecule is C=Cc1cc(/C(=C\c2ccc3c(c2)C(C)(C)c2cc(-c4cccc(-c5ccccn5)c4)c4ccccc4c2-3)Cc2ccccc2)ccc1-c1ccccc1. The van der Waals surface area contributed by atoms with E-state index in [1.165, 1.54) is 77.5 Å². The van der Waals surface area contributed by atoms with Gasteiger partial charge in [-0.25, -0.2) is 0 Å². The molecule has 9 rings (SSSR count). The van der Waals surface area contributed by atoms with E-state index in [-0.39, 0.29) is 5.41 Å². The molecule has 1 nitrogen and oxygen atoms in total. The van der Waals surface area contributed by atoms with Crippen LogP contribution in [0.3, 0.4) is 0 Å². The van der Waals surface area contributed by atoms with E-state index in [0.29, 0.717) is 0 Å². The van der Waals surface area contributed by atoms with Crippen LogP contribution in [0.2, 0.25) is 0 Å². The highest BCUT2D eigenvalue weighted by atomic mass is 14.7. The lowest BCUT2D eigenvalue weighted by Crippen LogP contribution is -2.15. The van der Waals surface area contributed by atoms with Crippen LogP contribution in [0.4, 0.5) is 0 Å². The molecule has 0 atom stereocenters. The van der Waals surface area contributed by atoms with Gasteiger partial charge in [0.1, 0.15) is 0 Å². The van der Waals surface area contributed by atoms with E-state index in [9.17, 15) is 0 Å². The Morgan fingerprint density at radius 1 is 0.574 bits per heavy atom. The Morgan fingerprint density at radius 3 is 2.06 bits per heavy atom. The Balaban J connectivity index is 1.16. The Bertz CT molecular complexity index is 2700. The molecule has 8 aromatic rings. The van der Waals surface area contributed by atoms with Crippen LogP contribution in [-0.2, 0) is 11.8 Å². The maximum absolute atomic E-state index is 4.64. The van der Waals surface area contributed by atoms with E-state index in [4.69, 9.17) is 0 Å². The number of rotatable bonds is 8. The maximum Gasteiger partial charge on any atom is 0.0702 e. The van der Waals surface area contributed by atoms with Crippen LogP contribution in [0.15, 0.2) is 183 Å². The summed E-state index contributed by atoms with van der Waals surface area (Å²) in [6.45, 7) is 8.98. The van der Waals surface area contributed by atoms with Gasteiger partial charge in [0.25, 0.3) is 0 Å². The van der Waals surface area contributed by atoms with E-state index in [0.717, 1.165) is 23.2 Å². The van der Waals surface area contributed by atoms with Gasteiger partial charge in [-0.05, 0) is 120 Å². The molecule has 0 fully saturated rings. The van der Waals surface area contributed by atoms with E-state index in [1.54, 1.807) is 0 Å². The van der Waals surface area contributed by atoms with Crippen molar-refractivity contribution in [1.29, 1.82) is 0 Å². The third kappa shape index (κ3) is 5.98. The lowest BCUT2D eigenvalue weighted by molar-refractivity contribution is 0.661. The lowest BCUT2D eigenvalue weighted by Gasteiger charge is -2.23. The molecule has 1 aliphatic rings. The van der Waals surface area contributed by atoms with Crippen LogP contribution in [0, 0.1) is 0 Å². The summed E-state index contributed by atoms with van der Waals surface area (Å²) in [7, 11) is 0. The first-order valence-electron chi connectivity index (χ1n) is 18.8. The number of hydrogen-bond acceptors (Lipinski definition) is 1. The molecule has 0 N–H and O–H groups in total. The molecule has 0 bridgehead atoms. The first-order valence-corrected chi connectivity index (χ1v) is 18.8.